The number of morpholine rings is 1. The summed E-state index contributed by atoms with van der Waals surface area (Å²) in [6.07, 6.45) is -3.84. The number of halogens is 3. The standard InChI is InChI=1S/C19H25F3N2O3/c1-24-7-10-27-16(12-24)17(25)23-13-18(5-8-26-9-6-18)14-3-2-4-15(11-14)19(20,21)22/h2-4,11,16H,5-10,12-13H2,1H3,(H,23,25). The molecule has 150 valence electrons. The van der Waals surface area contributed by atoms with Gasteiger partial charge in [-0.3, -0.25) is 4.79 Å². The third-order valence-corrected chi connectivity index (χ3v) is 5.42. The van der Waals surface area contributed by atoms with Crippen molar-refractivity contribution >= 4 is 5.91 Å². The van der Waals surface area contributed by atoms with Crippen molar-refractivity contribution in [3.63, 3.8) is 0 Å². The molecule has 8 heteroatoms. The van der Waals surface area contributed by atoms with Gasteiger partial charge in [0.15, 0.2) is 0 Å². The van der Waals surface area contributed by atoms with E-state index in [0.29, 0.717) is 44.8 Å². The van der Waals surface area contributed by atoms with E-state index in [-0.39, 0.29) is 12.5 Å². The quantitative estimate of drug-likeness (QED) is 0.862. The Hall–Kier alpha value is -1.64. The van der Waals surface area contributed by atoms with Gasteiger partial charge in [0.25, 0.3) is 5.91 Å². The van der Waals surface area contributed by atoms with Crippen LogP contribution in [0.4, 0.5) is 13.2 Å². The monoisotopic (exact) mass is 386 g/mol. The lowest BCUT2D eigenvalue weighted by Crippen LogP contribution is -2.52. The van der Waals surface area contributed by atoms with Crippen LogP contribution in [0.15, 0.2) is 24.3 Å². The minimum absolute atomic E-state index is 0.223. The highest BCUT2D eigenvalue weighted by atomic mass is 19.4. The van der Waals surface area contributed by atoms with Gasteiger partial charge in [-0.05, 0) is 31.5 Å². The first-order valence-electron chi connectivity index (χ1n) is 9.13. The average molecular weight is 386 g/mol. The van der Waals surface area contributed by atoms with E-state index in [4.69, 9.17) is 9.47 Å². The maximum atomic E-state index is 13.1. The average Bonchev–Trinajstić information content (AvgIpc) is 2.66. The molecule has 1 unspecified atom stereocenters. The van der Waals surface area contributed by atoms with Gasteiger partial charge in [0.2, 0.25) is 0 Å². The van der Waals surface area contributed by atoms with Gasteiger partial charge in [-0.1, -0.05) is 18.2 Å². The smallest absolute Gasteiger partial charge is 0.381 e. The zero-order valence-electron chi connectivity index (χ0n) is 15.3. The van der Waals surface area contributed by atoms with Crippen molar-refractivity contribution in [3.8, 4) is 0 Å². The molecular formula is C19H25F3N2O3. The van der Waals surface area contributed by atoms with Crippen LogP contribution in [0.25, 0.3) is 0 Å². The van der Waals surface area contributed by atoms with Crippen LogP contribution >= 0.6 is 0 Å². The summed E-state index contributed by atoms with van der Waals surface area (Å²) in [5.74, 6) is -0.223. The predicted octanol–water partition coefficient (Wildman–Crippen LogP) is 2.20. The van der Waals surface area contributed by atoms with E-state index in [1.807, 2.05) is 11.9 Å². The number of alkyl halides is 3. The Labute approximate surface area is 156 Å². The summed E-state index contributed by atoms with van der Waals surface area (Å²) in [6.45, 7) is 2.94. The Morgan fingerprint density at radius 3 is 2.70 bits per heavy atom. The SMILES string of the molecule is CN1CCOC(C(=O)NCC2(c3cccc(C(F)(F)F)c3)CCOCC2)C1. The second kappa shape index (κ2) is 8.16. The van der Waals surface area contributed by atoms with Gasteiger partial charge in [-0.15, -0.1) is 0 Å². The number of amides is 1. The summed E-state index contributed by atoms with van der Waals surface area (Å²) in [6, 6.07) is 5.40. The van der Waals surface area contributed by atoms with Crippen LogP contribution < -0.4 is 5.32 Å². The molecule has 27 heavy (non-hydrogen) atoms. The highest BCUT2D eigenvalue weighted by molar-refractivity contribution is 5.81. The Morgan fingerprint density at radius 1 is 1.30 bits per heavy atom. The zero-order chi connectivity index (χ0) is 19.5. The fourth-order valence-corrected chi connectivity index (χ4v) is 3.66. The third-order valence-electron chi connectivity index (χ3n) is 5.42. The van der Waals surface area contributed by atoms with Crippen molar-refractivity contribution in [1.29, 1.82) is 0 Å². The number of carbonyl (C=O) groups excluding carboxylic acids is 1. The molecule has 0 saturated carbocycles. The maximum Gasteiger partial charge on any atom is 0.416 e. The highest BCUT2D eigenvalue weighted by Crippen LogP contribution is 2.37. The molecule has 2 aliphatic heterocycles. The van der Waals surface area contributed by atoms with Crippen LogP contribution in [0.1, 0.15) is 24.0 Å². The topological polar surface area (TPSA) is 50.8 Å². The lowest BCUT2D eigenvalue weighted by molar-refractivity contribution is -0.139. The van der Waals surface area contributed by atoms with E-state index in [9.17, 15) is 18.0 Å². The van der Waals surface area contributed by atoms with Crippen LogP contribution in [0.2, 0.25) is 0 Å². The second-order valence-corrected chi connectivity index (χ2v) is 7.31. The Kier molecular flexibility index (Phi) is 6.08. The first-order chi connectivity index (χ1) is 12.8. The summed E-state index contributed by atoms with van der Waals surface area (Å²) in [7, 11) is 1.92. The molecular weight excluding hydrogens is 361 g/mol. The van der Waals surface area contributed by atoms with Crippen LogP contribution in [0.3, 0.4) is 0 Å². The van der Waals surface area contributed by atoms with Crippen molar-refractivity contribution in [1.82, 2.24) is 10.2 Å². The Morgan fingerprint density at radius 2 is 2.04 bits per heavy atom. The lowest BCUT2D eigenvalue weighted by Gasteiger charge is -2.39. The van der Waals surface area contributed by atoms with Gasteiger partial charge < -0.3 is 19.7 Å². The van der Waals surface area contributed by atoms with Gasteiger partial charge in [-0.25, -0.2) is 0 Å². The van der Waals surface area contributed by atoms with Crippen LogP contribution in [-0.2, 0) is 25.9 Å². The molecule has 1 amide bonds. The summed E-state index contributed by atoms with van der Waals surface area (Å²) in [5, 5.41) is 2.91. The molecule has 0 aromatic heterocycles. The van der Waals surface area contributed by atoms with E-state index >= 15 is 0 Å². The van der Waals surface area contributed by atoms with Crippen molar-refractivity contribution < 1.29 is 27.4 Å². The van der Waals surface area contributed by atoms with Crippen molar-refractivity contribution in [2.45, 2.75) is 30.5 Å². The van der Waals surface area contributed by atoms with Crippen molar-refractivity contribution in [2.24, 2.45) is 0 Å². The van der Waals surface area contributed by atoms with Gasteiger partial charge in [-0.2, -0.15) is 13.2 Å². The number of nitrogens with zero attached hydrogens (tertiary/aromatic N) is 1. The van der Waals surface area contributed by atoms with E-state index in [1.54, 1.807) is 6.07 Å². The highest BCUT2D eigenvalue weighted by Gasteiger charge is 2.38. The molecule has 2 saturated heterocycles. The number of hydrogen-bond donors (Lipinski definition) is 1. The summed E-state index contributed by atoms with van der Waals surface area (Å²) < 4.78 is 50.4. The van der Waals surface area contributed by atoms with Crippen LogP contribution in [0, 0.1) is 0 Å². The number of likely N-dealkylation sites (N-methyl/N-ethyl adjacent to an activating group) is 1. The molecule has 2 fully saturated rings. The fourth-order valence-electron chi connectivity index (χ4n) is 3.66. The molecule has 1 N–H and O–H groups in total. The van der Waals surface area contributed by atoms with E-state index < -0.39 is 23.3 Å². The third kappa shape index (κ3) is 4.80. The number of rotatable bonds is 4. The zero-order valence-corrected chi connectivity index (χ0v) is 15.3. The number of ether oxygens (including phenoxy) is 2. The van der Waals surface area contributed by atoms with Gasteiger partial charge in [0.05, 0.1) is 12.2 Å². The first-order valence-corrected chi connectivity index (χ1v) is 9.13. The summed E-state index contributed by atoms with van der Waals surface area (Å²) >= 11 is 0. The molecule has 3 rings (SSSR count). The number of hydrogen-bond acceptors (Lipinski definition) is 4. The van der Waals surface area contributed by atoms with E-state index in [1.165, 1.54) is 12.1 Å². The van der Waals surface area contributed by atoms with Crippen molar-refractivity contribution in [2.75, 3.05) is 46.5 Å². The summed E-state index contributed by atoms with van der Waals surface area (Å²) in [4.78, 5) is 14.5. The van der Waals surface area contributed by atoms with Gasteiger partial charge in [0.1, 0.15) is 6.10 Å². The number of nitrogens with one attached hydrogen (secondary N) is 1. The largest absolute Gasteiger partial charge is 0.416 e. The normalized spacial score (nSPS) is 23.8. The molecule has 2 aliphatic rings. The number of benzene rings is 1. The predicted molar refractivity (Wildman–Crippen MR) is 93.4 cm³/mol. The molecule has 2 heterocycles. The minimum Gasteiger partial charge on any atom is -0.381 e. The molecule has 0 radical (unpaired) electrons. The fraction of sp³-hybridized carbons (Fsp3) is 0.632. The lowest BCUT2D eigenvalue weighted by atomic mass is 9.73. The maximum absolute atomic E-state index is 13.1. The molecule has 0 aliphatic carbocycles. The molecule has 1 aromatic rings. The summed E-state index contributed by atoms with van der Waals surface area (Å²) in [5.41, 5.74) is -0.660. The van der Waals surface area contributed by atoms with Gasteiger partial charge in [0, 0.05) is 38.3 Å². The first kappa shape index (κ1) is 20.1. The van der Waals surface area contributed by atoms with E-state index in [0.717, 1.165) is 12.6 Å². The Bertz CT molecular complexity index is 660. The number of carbonyl (C=O) groups is 1. The second-order valence-electron chi connectivity index (χ2n) is 7.31. The molecule has 5 nitrogen and oxygen atoms in total. The van der Waals surface area contributed by atoms with Crippen LogP contribution in [0.5, 0.6) is 0 Å². The van der Waals surface area contributed by atoms with Crippen LogP contribution in [-0.4, -0.2) is 63.4 Å². The minimum atomic E-state index is -4.40. The van der Waals surface area contributed by atoms with Gasteiger partial charge >= 0.3 is 6.18 Å². The Balaban J connectivity index is 1.76. The molecule has 1 aromatic carbocycles. The molecule has 1 atom stereocenters. The molecule has 0 spiro atoms. The van der Waals surface area contributed by atoms with Crippen molar-refractivity contribution in [3.05, 3.63) is 35.4 Å². The molecule has 0 bridgehead atoms. The van der Waals surface area contributed by atoms with E-state index in [2.05, 4.69) is 5.32 Å².